The van der Waals surface area contributed by atoms with E-state index in [0.29, 0.717) is 35.4 Å². The van der Waals surface area contributed by atoms with Crippen molar-refractivity contribution in [1.82, 2.24) is 0 Å². The van der Waals surface area contributed by atoms with Crippen molar-refractivity contribution in [2.45, 2.75) is 37.7 Å². The van der Waals surface area contributed by atoms with Crippen LogP contribution in [0.2, 0.25) is 25.7 Å². The van der Waals surface area contributed by atoms with Gasteiger partial charge in [-0.05, 0) is 47.0 Å². The number of esters is 1. The van der Waals surface area contributed by atoms with Gasteiger partial charge in [-0.2, -0.15) is 0 Å². The van der Waals surface area contributed by atoms with Crippen LogP contribution in [0.4, 0.5) is 0 Å². The lowest BCUT2D eigenvalue weighted by Gasteiger charge is -2.39. The first-order valence-corrected chi connectivity index (χ1v) is 16.6. The summed E-state index contributed by atoms with van der Waals surface area (Å²) in [5.74, 6) is 1.52. The van der Waals surface area contributed by atoms with Gasteiger partial charge in [0.05, 0.1) is 40.0 Å². The predicted octanol–water partition coefficient (Wildman–Crippen LogP) is 4.75. The van der Waals surface area contributed by atoms with E-state index in [2.05, 4.69) is 19.6 Å². The Bertz CT molecular complexity index is 1170. The molecule has 2 aromatic carbocycles. The first kappa shape index (κ1) is 26.6. The van der Waals surface area contributed by atoms with Gasteiger partial charge in [-0.25, -0.2) is 0 Å². The summed E-state index contributed by atoms with van der Waals surface area (Å²) in [6.45, 7) is 8.13. The zero-order valence-corrected chi connectivity index (χ0v) is 23.8. The highest BCUT2D eigenvalue weighted by atomic mass is 28.3. The van der Waals surface area contributed by atoms with Gasteiger partial charge in [-0.1, -0.05) is 19.6 Å². The van der Waals surface area contributed by atoms with Crippen molar-refractivity contribution in [2.75, 3.05) is 48.1 Å². The fourth-order valence-corrected chi connectivity index (χ4v) is 6.32. The maximum atomic E-state index is 13.3. The van der Waals surface area contributed by atoms with E-state index in [9.17, 15) is 4.79 Å². The number of benzene rings is 2. The van der Waals surface area contributed by atoms with Crippen LogP contribution in [-0.4, -0.2) is 62.2 Å². The van der Waals surface area contributed by atoms with Crippen molar-refractivity contribution in [3.05, 3.63) is 41.0 Å². The normalized spacial score (nSPS) is 23.5. The molecule has 38 heavy (non-hydrogen) atoms. The van der Waals surface area contributed by atoms with Crippen molar-refractivity contribution in [3.63, 3.8) is 0 Å². The highest BCUT2D eigenvalue weighted by Gasteiger charge is 2.53. The molecule has 0 N–H and O–H groups in total. The molecule has 0 saturated carbocycles. The van der Waals surface area contributed by atoms with Gasteiger partial charge in [0, 0.05) is 26.5 Å². The quantitative estimate of drug-likeness (QED) is 0.182. The minimum atomic E-state index is -1.22. The molecule has 0 amide bonds. The van der Waals surface area contributed by atoms with Gasteiger partial charge in [0.15, 0.2) is 23.0 Å². The number of hydrogen-bond acceptors (Lipinski definition) is 9. The molecule has 0 aromatic heterocycles. The van der Waals surface area contributed by atoms with E-state index in [1.807, 2.05) is 24.3 Å². The van der Waals surface area contributed by atoms with Gasteiger partial charge in [0.2, 0.25) is 12.5 Å². The third-order valence-corrected chi connectivity index (χ3v) is 9.20. The summed E-state index contributed by atoms with van der Waals surface area (Å²) < 4.78 is 46.1. The first-order valence-electron chi connectivity index (χ1n) is 12.8. The van der Waals surface area contributed by atoms with Crippen LogP contribution in [0.3, 0.4) is 0 Å². The largest absolute Gasteiger partial charge is 0.493 e. The number of carbonyl (C=O) groups excluding carboxylic acids is 1. The summed E-state index contributed by atoms with van der Waals surface area (Å²) in [6, 6.07) is 8.75. The molecular weight excluding hydrogens is 508 g/mol. The number of hydrogen-bond donors (Lipinski definition) is 0. The highest BCUT2D eigenvalue weighted by molar-refractivity contribution is 6.76. The smallest absolute Gasteiger partial charge is 0.310 e. The summed E-state index contributed by atoms with van der Waals surface area (Å²) in [5, 5.41) is 0. The second-order valence-electron chi connectivity index (χ2n) is 11.0. The molecule has 0 radical (unpaired) electrons. The molecule has 3 aliphatic rings. The fraction of sp³-hybridized carbons (Fsp3) is 0.536. The molecule has 1 fully saturated rings. The predicted molar refractivity (Wildman–Crippen MR) is 141 cm³/mol. The fourth-order valence-electron chi connectivity index (χ4n) is 5.57. The standard InChI is InChI=1S/C28H36O9Si/c1-30-22-9-16(10-23(31-2)27(22)32-3)24-17-11-20-21(36-15-35-20)12-18(17)26(19-13-34-28(29)25(19)24)37-14-33-7-8-38(4,5)6/h9-12,19,24-26H,7-8,13-15H2,1-6H3/t19-,24+,25+,26-/m0/s1. The van der Waals surface area contributed by atoms with Gasteiger partial charge in [0.1, 0.15) is 6.79 Å². The molecule has 0 spiro atoms. The Kier molecular flexibility index (Phi) is 7.48. The van der Waals surface area contributed by atoms with Crippen LogP contribution in [0.25, 0.3) is 0 Å². The molecular formula is C28H36O9Si. The van der Waals surface area contributed by atoms with Crippen molar-refractivity contribution < 1.29 is 42.7 Å². The Morgan fingerprint density at radius 2 is 1.55 bits per heavy atom. The molecule has 2 aromatic rings. The average Bonchev–Trinajstić information content (AvgIpc) is 3.51. The van der Waals surface area contributed by atoms with Gasteiger partial charge >= 0.3 is 5.97 Å². The summed E-state index contributed by atoms with van der Waals surface area (Å²) in [6.07, 6.45) is -0.402. The van der Waals surface area contributed by atoms with Crippen molar-refractivity contribution in [1.29, 1.82) is 0 Å². The number of ether oxygens (including phenoxy) is 8. The summed E-state index contributed by atoms with van der Waals surface area (Å²) in [4.78, 5) is 13.3. The third kappa shape index (κ3) is 4.92. The second kappa shape index (κ2) is 10.7. The van der Waals surface area contributed by atoms with E-state index in [0.717, 1.165) is 22.7 Å². The van der Waals surface area contributed by atoms with E-state index in [1.165, 1.54) is 0 Å². The van der Waals surface area contributed by atoms with E-state index in [-0.39, 0.29) is 38.0 Å². The maximum Gasteiger partial charge on any atom is 0.310 e. The molecule has 0 bridgehead atoms. The Morgan fingerprint density at radius 1 is 0.895 bits per heavy atom. The Morgan fingerprint density at radius 3 is 2.16 bits per heavy atom. The average molecular weight is 545 g/mol. The molecule has 9 nitrogen and oxygen atoms in total. The molecule has 10 heteroatoms. The monoisotopic (exact) mass is 544 g/mol. The van der Waals surface area contributed by atoms with Crippen LogP contribution in [0.5, 0.6) is 28.7 Å². The molecule has 1 saturated heterocycles. The summed E-state index contributed by atoms with van der Waals surface area (Å²) >= 11 is 0. The molecule has 0 unspecified atom stereocenters. The third-order valence-electron chi connectivity index (χ3n) is 7.49. The Balaban J connectivity index is 1.56. The van der Waals surface area contributed by atoms with Crippen LogP contribution >= 0.6 is 0 Å². The lowest BCUT2D eigenvalue weighted by Crippen LogP contribution is -2.36. The van der Waals surface area contributed by atoms with Crippen molar-refractivity contribution in [3.8, 4) is 28.7 Å². The molecule has 2 heterocycles. The number of methoxy groups -OCH3 is 3. The molecule has 1 aliphatic carbocycles. The Labute approximate surface area is 224 Å². The second-order valence-corrected chi connectivity index (χ2v) is 16.6. The van der Waals surface area contributed by atoms with E-state index >= 15 is 0 Å². The van der Waals surface area contributed by atoms with Gasteiger partial charge in [-0.15, -0.1) is 0 Å². The number of fused-ring (bicyclic) bond motifs is 3. The summed E-state index contributed by atoms with van der Waals surface area (Å²) in [5.41, 5.74) is 2.69. The van der Waals surface area contributed by atoms with E-state index < -0.39 is 20.1 Å². The molecule has 4 atom stereocenters. The maximum absolute atomic E-state index is 13.3. The van der Waals surface area contributed by atoms with Crippen LogP contribution in [0, 0.1) is 11.8 Å². The van der Waals surface area contributed by atoms with Crippen molar-refractivity contribution >= 4 is 14.0 Å². The van der Waals surface area contributed by atoms with Crippen molar-refractivity contribution in [2.24, 2.45) is 11.8 Å². The van der Waals surface area contributed by atoms with Crippen LogP contribution in [-0.2, 0) is 19.0 Å². The van der Waals surface area contributed by atoms with Crippen LogP contribution < -0.4 is 23.7 Å². The van der Waals surface area contributed by atoms with Gasteiger partial charge in [0.25, 0.3) is 0 Å². The number of cyclic esters (lactones) is 1. The minimum absolute atomic E-state index is 0.134. The van der Waals surface area contributed by atoms with Gasteiger partial charge in [-0.3, -0.25) is 4.79 Å². The molecule has 2 aliphatic heterocycles. The summed E-state index contributed by atoms with van der Waals surface area (Å²) in [7, 11) is 3.50. The van der Waals surface area contributed by atoms with Gasteiger partial charge < -0.3 is 37.9 Å². The highest BCUT2D eigenvalue weighted by Crippen LogP contribution is 2.56. The number of rotatable bonds is 10. The number of carbonyl (C=O) groups is 1. The van der Waals surface area contributed by atoms with Crippen LogP contribution in [0.1, 0.15) is 28.7 Å². The lowest BCUT2D eigenvalue weighted by atomic mass is 9.66. The van der Waals surface area contributed by atoms with E-state index in [1.54, 1.807) is 21.3 Å². The topological polar surface area (TPSA) is 90.9 Å². The lowest BCUT2D eigenvalue weighted by molar-refractivity contribution is -0.142. The SMILES string of the molecule is COc1cc([C@@H]2c3cc4c(cc3[C@H](OCOCC[Si](C)(C)C)[C@H]3COC(=O)[C@@H]23)OCO4)cc(OC)c1OC. The minimum Gasteiger partial charge on any atom is -0.493 e. The zero-order valence-electron chi connectivity index (χ0n) is 22.8. The molecule has 206 valence electrons. The van der Waals surface area contributed by atoms with Crippen LogP contribution in [0.15, 0.2) is 24.3 Å². The Hall–Kier alpha value is -2.95. The first-order chi connectivity index (χ1) is 18.3. The molecule has 5 rings (SSSR count). The zero-order chi connectivity index (χ0) is 27.0. The van der Waals surface area contributed by atoms with E-state index in [4.69, 9.17) is 37.9 Å².